The molecule has 0 radical (unpaired) electrons. The van der Waals surface area contributed by atoms with Gasteiger partial charge in [0.25, 0.3) is 0 Å². The fraction of sp³-hybridized carbons (Fsp3) is 0.0833. The second-order valence-electron chi connectivity index (χ2n) is 3.62. The van der Waals surface area contributed by atoms with Crippen molar-refractivity contribution in [3.8, 4) is 5.75 Å². The molecule has 20 heavy (non-hydrogen) atoms. The molecule has 0 amide bonds. The van der Waals surface area contributed by atoms with Crippen molar-refractivity contribution in [1.29, 1.82) is 0 Å². The molecule has 0 spiro atoms. The largest absolute Gasteiger partial charge is 0.483 e. The van der Waals surface area contributed by atoms with Crippen molar-refractivity contribution in [2.75, 3.05) is 0 Å². The van der Waals surface area contributed by atoms with Gasteiger partial charge in [-0.3, -0.25) is 0 Å². The van der Waals surface area contributed by atoms with Crippen LogP contribution in [0.4, 0.5) is 0 Å². The molecular formula is C12H8Br2N2O4. The normalized spacial score (nSPS) is 10.9. The van der Waals surface area contributed by atoms with E-state index in [1.807, 2.05) is 0 Å². The highest BCUT2D eigenvalue weighted by atomic mass is 79.9. The zero-order chi connectivity index (χ0) is 14.5. The Morgan fingerprint density at radius 2 is 2.10 bits per heavy atom. The van der Waals surface area contributed by atoms with Gasteiger partial charge in [0.1, 0.15) is 5.75 Å². The molecule has 0 atom stereocenters. The number of ether oxygens (including phenoxy) is 1. The van der Waals surface area contributed by atoms with Gasteiger partial charge in [-0.2, -0.15) is 4.98 Å². The van der Waals surface area contributed by atoms with E-state index in [0.717, 1.165) is 11.6 Å². The van der Waals surface area contributed by atoms with Crippen molar-refractivity contribution >= 4 is 43.9 Å². The van der Waals surface area contributed by atoms with E-state index in [0.29, 0.717) is 20.5 Å². The van der Waals surface area contributed by atoms with Gasteiger partial charge >= 0.3 is 5.97 Å². The predicted octanol–water partition coefficient (Wildman–Crippen LogP) is 3.27. The molecule has 8 heteroatoms. The number of halogens is 2. The second kappa shape index (κ2) is 6.67. The molecule has 1 aromatic heterocycles. The summed E-state index contributed by atoms with van der Waals surface area (Å²) in [5, 5.41) is 12.2. The van der Waals surface area contributed by atoms with E-state index in [1.54, 1.807) is 12.1 Å². The lowest BCUT2D eigenvalue weighted by molar-refractivity contribution is -0.131. The molecule has 6 nitrogen and oxygen atoms in total. The maximum absolute atomic E-state index is 10.5. The summed E-state index contributed by atoms with van der Waals surface area (Å²) >= 11 is 6.74. The Morgan fingerprint density at radius 1 is 1.40 bits per heavy atom. The highest BCUT2D eigenvalue weighted by Crippen LogP contribution is 2.35. The molecular weight excluding hydrogens is 396 g/mol. The number of carboxylic acid groups (broad SMARTS) is 1. The SMILES string of the molecule is O=C(O)/C=C/c1cc(Br)c(OCc2ncon2)c(Br)c1. The van der Waals surface area contributed by atoms with Gasteiger partial charge in [0.15, 0.2) is 6.61 Å². The summed E-state index contributed by atoms with van der Waals surface area (Å²) in [6.07, 6.45) is 3.78. The van der Waals surface area contributed by atoms with Gasteiger partial charge in [0.05, 0.1) is 8.95 Å². The number of benzene rings is 1. The fourth-order valence-electron chi connectivity index (χ4n) is 1.37. The third-order valence-corrected chi connectivity index (χ3v) is 3.37. The van der Waals surface area contributed by atoms with Gasteiger partial charge in [-0.25, -0.2) is 4.79 Å². The van der Waals surface area contributed by atoms with Gasteiger partial charge < -0.3 is 14.4 Å². The smallest absolute Gasteiger partial charge is 0.328 e. The van der Waals surface area contributed by atoms with Crippen LogP contribution >= 0.6 is 31.9 Å². The number of hydrogen-bond acceptors (Lipinski definition) is 5. The molecule has 104 valence electrons. The van der Waals surface area contributed by atoms with Gasteiger partial charge in [-0.15, -0.1) is 0 Å². The van der Waals surface area contributed by atoms with Crippen LogP contribution in [0.15, 0.2) is 38.1 Å². The van der Waals surface area contributed by atoms with Crippen molar-refractivity contribution in [2.45, 2.75) is 6.61 Å². The third kappa shape index (κ3) is 3.91. The average molecular weight is 404 g/mol. The molecule has 1 aromatic carbocycles. The second-order valence-corrected chi connectivity index (χ2v) is 5.33. The summed E-state index contributed by atoms with van der Waals surface area (Å²) in [5.41, 5.74) is 0.720. The average Bonchev–Trinajstić information content (AvgIpc) is 2.88. The maximum Gasteiger partial charge on any atom is 0.328 e. The van der Waals surface area contributed by atoms with Gasteiger partial charge in [0.2, 0.25) is 12.2 Å². The summed E-state index contributed by atoms with van der Waals surface area (Å²) in [6.45, 7) is 0.165. The Labute approximate surface area is 130 Å². The molecule has 0 unspecified atom stereocenters. The summed E-state index contributed by atoms with van der Waals surface area (Å²) in [7, 11) is 0. The minimum atomic E-state index is -1.00. The van der Waals surface area contributed by atoms with Crippen LogP contribution in [-0.4, -0.2) is 21.2 Å². The lowest BCUT2D eigenvalue weighted by Gasteiger charge is -2.09. The number of hydrogen-bond donors (Lipinski definition) is 1. The molecule has 2 rings (SSSR count). The Bertz CT molecular complexity index is 618. The van der Waals surface area contributed by atoms with Gasteiger partial charge in [-0.05, 0) is 55.6 Å². The van der Waals surface area contributed by atoms with Crippen LogP contribution in [0.25, 0.3) is 6.08 Å². The first-order valence-electron chi connectivity index (χ1n) is 5.34. The first kappa shape index (κ1) is 14.7. The van der Waals surface area contributed by atoms with E-state index in [1.165, 1.54) is 12.5 Å². The maximum atomic E-state index is 10.5. The Balaban J connectivity index is 2.16. The molecule has 0 fully saturated rings. The highest BCUT2D eigenvalue weighted by Gasteiger charge is 2.10. The molecule has 0 saturated heterocycles. The fourth-order valence-corrected chi connectivity index (χ4v) is 2.82. The Kier molecular flexibility index (Phi) is 4.91. The molecule has 0 saturated carbocycles. The molecule has 0 bridgehead atoms. The Morgan fingerprint density at radius 3 is 2.65 bits per heavy atom. The van der Waals surface area contributed by atoms with Crippen LogP contribution in [-0.2, 0) is 11.4 Å². The van der Waals surface area contributed by atoms with Crippen molar-refractivity contribution in [3.05, 3.63) is 44.9 Å². The van der Waals surface area contributed by atoms with Gasteiger partial charge in [0, 0.05) is 6.08 Å². The predicted molar refractivity (Wildman–Crippen MR) is 77.1 cm³/mol. The van der Waals surface area contributed by atoms with Crippen LogP contribution in [0.5, 0.6) is 5.75 Å². The minimum Gasteiger partial charge on any atom is -0.483 e. The lowest BCUT2D eigenvalue weighted by Crippen LogP contribution is -1.99. The molecule has 0 aliphatic heterocycles. The van der Waals surface area contributed by atoms with Gasteiger partial charge in [-0.1, -0.05) is 5.16 Å². The minimum absolute atomic E-state index is 0.165. The monoisotopic (exact) mass is 402 g/mol. The van der Waals surface area contributed by atoms with Crippen molar-refractivity contribution in [1.82, 2.24) is 10.1 Å². The first-order chi connectivity index (χ1) is 9.56. The van der Waals surface area contributed by atoms with Crippen LogP contribution in [0.3, 0.4) is 0 Å². The number of carboxylic acids is 1. The van der Waals surface area contributed by atoms with E-state index in [9.17, 15) is 4.79 Å². The van der Waals surface area contributed by atoms with Crippen LogP contribution in [0, 0.1) is 0 Å². The summed E-state index contributed by atoms with van der Waals surface area (Å²) < 4.78 is 11.5. The van der Waals surface area contributed by atoms with Crippen molar-refractivity contribution in [3.63, 3.8) is 0 Å². The van der Waals surface area contributed by atoms with E-state index < -0.39 is 5.97 Å². The van der Waals surface area contributed by atoms with Crippen LogP contribution < -0.4 is 4.74 Å². The topological polar surface area (TPSA) is 85.5 Å². The number of carbonyl (C=O) groups is 1. The third-order valence-electron chi connectivity index (χ3n) is 2.19. The lowest BCUT2D eigenvalue weighted by atomic mass is 10.2. The molecule has 2 aromatic rings. The van der Waals surface area contributed by atoms with E-state index in [-0.39, 0.29) is 6.61 Å². The summed E-state index contributed by atoms with van der Waals surface area (Å²) in [4.78, 5) is 14.3. The number of aromatic nitrogens is 2. The van der Waals surface area contributed by atoms with Crippen molar-refractivity contribution in [2.24, 2.45) is 0 Å². The number of nitrogens with zero attached hydrogens (tertiary/aromatic N) is 2. The van der Waals surface area contributed by atoms with E-state index >= 15 is 0 Å². The zero-order valence-corrected chi connectivity index (χ0v) is 13.1. The summed E-state index contributed by atoms with van der Waals surface area (Å²) in [5.74, 6) is -0.00407. The molecule has 1 heterocycles. The number of aliphatic carboxylic acids is 1. The Hall–Kier alpha value is -1.67. The number of rotatable bonds is 5. The molecule has 0 aliphatic rings. The highest BCUT2D eigenvalue weighted by molar-refractivity contribution is 9.11. The molecule has 1 N–H and O–H groups in total. The first-order valence-corrected chi connectivity index (χ1v) is 6.93. The van der Waals surface area contributed by atoms with E-state index in [2.05, 4.69) is 46.5 Å². The standard InChI is InChI=1S/C12H8Br2N2O4/c13-8-3-7(1-2-11(17)18)4-9(14)12(8)19-5-10-15-6-20-16-10/h1-4,6H,5H2,(H,17,18)/b2-1+. The zero-order valence-electron chi connectivity index (χ0n) is 9.92. The van der Waals surface area contributed by atoms with E-state index in [4.69, 9.17) is 9.84 Å². The van der Waals surface area contributed by atoms with Crippen LogP contribution in [0.1, 0.15) is 11.4 Å². The van der Waals surface area contributed by atoms with Crippen LogP contribution in [0.2, 0.25) is 0 Å². The van der Waals surface area contributed by atoms with Crippen molar-refractivity contribution < 1.29 is 19.2 Å². The quantitative estimate of drug-likeness (QED) is 0.771. The summed E-state index contributed by atoms with van der Waals surface area (Å²) in [6, 6.07) is 3.49. The molecule has 0 aliphatic carbocycles.